The van der Waals surface area contributed by atoms with Gasteiger partial charge in [0.1, 0.15) is 0 Å². The molecule has 0 spiro atoms. The van der Waals surface area contributed by atoms with E-state index in [2.05, 4.69) is 15.5 Å². The van der Waals surface area contributed by atoms with Gasteiger partial charge in [-0.2, -0.15) is 0 Å². The molecular formula is C16H25N3O. The quantitative estimate of drug-likeness (QED) is 0.835. The highest BCUT2D eigenvalue weighted by molar-refractivity contribution is 5.94. The van der Waals surface area contributed by atoms with Crippen molar-refractivity contribution in [2.24, 2.45) is 0 Å². The first kappa shape index (κ1) is 15.0. The van der Waals surface area contributed by atoms with E-state index in [1.54, 1.807) is 0 Å². The second kappa shape index (κ2) is 8.02. The van der Waals surface area contributed by atoms with Crippen LogP contribution in [0.3, 0.4) is 0 Å². The van der Waals surface area contributed by atoms with Crippen LogP contribution in [0.1, 0.15) is 26.2 Å². The van der Waals surface area contributed by atoms with Crippen LogP contribution in [0.25, 0.3) is 0 Å². The fraction of sp³-hybridized carbons (Fsp3) is 0.562. The first-order valence-electron chi connectivity index (χ1n) is 7.57. The van der Waals surface area contributed by atoms with Gasteiger partial charge in [-0.3, -0.25) is 4.79 Å². The van der Waals surface area contributed by atoms with Gasteiger partial charge in [-0.25, -0.2) is 0 Å². The molecule has 1 heterocycles. The number of carbonyl (C=O) groups is 1. The largest absolute Gasteiger partial charge is 0.325 e. The summed E-state index contributed by atoms with van der Waals surface area (Å²) in [7, 11) is 0. The molecule has 4 nitrogen and oxygen atoms in total. The van der Waals surface area contributed by atoms with Gasteiger partial charge in [0.2, 0.25) is 5.91 Å². The Bertz CT molecular complexity index is 401. The number of benzene rings is 1. The zero-order valence-electron chi connectivity index (χ0n) is 12.3. The minimum absolute atomic E-state index is 0.0230. The summed E-state index contributed by atoms with van der Waals surface area (Å²) >= 11 is 0. The van der Waals surface area contributed by atoms with Gasteiger partial charge < -0.3 is 15.5 Å². The molecule has 1 atom stereocenters. The molecule has 1 amide bonds. The lowest BCUT2D eigenvalue weighted by Gasteiger charge is -2.27. The molecule has 2 rings (SSSR count). The number of carbonyl (C=O) groups excluding carboxylic acids is 1. The standard InChI is InChI=1S/C16H25N3O/c1-14(16(20)18-15-8-4-2-5-9-15)17-10-13-19-11-6-3-7-12-19/h2,4-5,8-9,14,17H,3,6-7,10-13H2,1H3,(H,18,20). The molecule has 1 aliphatic heterocycles. The summed E-state index contributed by atoms with van der Waals surface area (Å²) in [4.78, 5) is 14.5. The molecule has 0 aliphatic carbocycles. The first-order chi connectivity index (χ1) is 9.75. The van der Waals surface area contributed by atoms with E-state index in [9.17, 15) is 4.79 Å². The van der Waals surface area contributed by atoms with Gasteiger partial charge in [0, 0.05) is 18.8 Å². The molecule has 2 N–H and O–H groups in total. The summed E-state index contributed by atoms with van der Waals surface area (Å²) < 4.78 is 0. The van der Waals surface area contributed by atoms with Crippen molar-refractivity contribution in [3.63, 3.8) is 0 Å². The SMILES string of the molecule is CC(NCCN1CCCCC1)C(=O)Nc1ccccc1. The van der Waals surface area contributed by atoms with Gasteiger partial charge in [-0.1, -0.05) is 24.6 Å². The van der Waals surface area contributed by atoms with Gasteiger partial charge >= 0.3 is 0 Å². The molecule has 1 aromatic carbocycles. The lowest BCUT2D eigenvalue weighted by molar-refractivity contribution is -0.117. The maximum Gasteiger partial charge on any atom is 0.241 e. The number of para-hydroxylation sites is 1. The summed E-state index contributed by atoms with van der Waals surface area (Å²) in [5.41, 5.74) is 0.849. The molecule has 0 bridgehead atoms. The number of piperidine rings is 1. The highest BCUT2D eigenvalue weighted by Crippen LogP contribution is 2.08. The number of rotatable bonds is 6. The molecule has 4 heteroatoms. The molecule has 0 saturated carbocycles. The van der Waals surface area contributed by atoms with Crippen molar-refractivity contribution >= 4 is 11.6 Å². The maximum absolute atomic E-state index is 12.0. The van der Waals surface area contributed by atoms with Crippen molar-refractivity contribution in [1.29, 1.82) is 0 Å². The van der Waals surface area contributed by atoms with E-state index in [1.165, 1.54) is 32.4 Å². The highest BCUT2D eigenvalue weighted by atomic mass is 16.2. The zero-order chi connectivity index (χ0) is 14.2. The van der Waals surface area contributed by atoms with Crippen LogP contribution in [0.15, 0.2) is 30.3 Å². The van der Waals surface area contributed by atoms with Crippen molar-refractivity contribution in [2.75, 3.05) is 31.5 Å². The van der Waals surface area contributed by atoms with Crippen LogP contribution in [0.4, 0.5) is 5.69 Å². The Balaban J connectivity index is 1.66. The van der Waals surface area contributed by atoms with E-state index in [0.717, 1.165) is 18.8 Å². The second-order valence-electron chi connectivity index (χ2n) is 5.43. The normalized spacial score (nSPS) is 17.6. The maximum atomic E-state index is 12.0. The third-order valence-electron chi connectivity index (χ3n) is 3.76. The minimum atomic E-state index is -0.167. The average Bonchev–Trinajstić information content (AvgIpc) is 2.49. The molecular weight excluding hydrogens is 250 g/mol. The van der Waals surface area contributed by atoms with Gasteiger partial charge in [0.05, 0.1) is 6.04 Å². The van der Waals surface area contributed by atoms with E-state index in [4.69, 9.17) is 0 Å². The van der Waals surface area contributed by atoms with Crippen LogP contribution in [0, 0.1) is 0 Å². The first-order valence-corrected chi connectivity index (χ1v) is 7.57. The molecule has 1 saturated heterocycles. The van der Waals surface area contributed by atoms with E-state index < -0.39 is 0 Å². The van der Waals surface area contributed by atoms with Crippen LogP contribution in [-0.4, -0.2) is 43.0 Å². The summed E-state index contributed by atoms with van der Waals surface area (Å²) in [5, 5.41) is 6.21. The Morgan fingerprint density at radius 1 is 1.20 bits per heavy atom. The predicted molar refractivity (Wildman–Crippen MR) is 82.8 cm³/mol. The smallest absolute Gasteiger partial charge is 0.241 e. The predicted octanol–water partition coefficient (Wildman–Crippen LogP) is 2.09. The summed E-state index contributed by atoms with van der Waals surface area (Å²) in [6.45, 7) is 6.21. The fourth-order valence-electron chi connectivity index (χ4n) is 2.49. The Morgan fingerprint density at radius 2 is 1.90 bits per heavy atom. The number of hydrogen-bond acceptors (Lipinski definition) is 3. The third kappa shape index (κ3) is 4.94. The molecule has 0 radical (unpaired) electrons. The molecule has 110 valence electrons. The number of hydrogen-bond donors (Lipinski definition) is 2. The number of amides is 1. The topological polar surface area (TPSA) is 44.4 Å². The highest BCUT2D eigenvalue weighted by Gasteiger charge is 2.13. The number of anilines is 1. The Morgan fingerprint density at radius 3 is 2.60 bits per heavy atom. The van der Waals surface area contributed by atoms with Crippen molar-refractivity contribution in [3.05, 3.63) is 30.3 Å². The lowest BCUT2D eigenvalue weighted by atomic mass is 10.1. The van der Waals surface area contributed by atoms with Gasteiger partial charge in [-0.15, -0.1) is 0 Å². The number of nitrogens with one attached hydrogen (secondary N) is 2. The number of nitrogens with zero attached hydrogens (tertiary/aromatic N) is 1. The van der Waals surface area contributed by atoms with E-state index in [1.807, 2.05) is 37.3 Å². The van der Waals surface area contributed by atoms with Crippen molar-refractivity contribution in [3.8, 4) is 0 Å². The fourth-order valence-corrected chi connectivity index (χ4v) is 2.49. The molecule has 1 aliphatic rings. The lowest BCUT2D eigenvalue weighted by Crippen LogP contribution is -2.43. The van der Waals surface area contributed by atoms with E-state index in [0.29, 0.717) is 0 Å². The van der Waals surface area contributed by atoms with Crippen LogP contribution < -0.4 is 10.6 Å². The third-order valence-corrected chi connectivity index (χ3v) is 3.76. The average molecular weight is 275 g/mol. The van der Waals surface area contributed by atoms with Crippen molar-refractivity contribution in [2.45, 2.75) is 32.2 Å². The van der Waals surface area contributed by atoms with Crippen molar-refractivity contribution in [1.82, 2.24) is 10.2 Å². The monoisotopic (exact) mass is 275 g/mol. The summed E-state index contributed by atoms with van der Waals surface area (Å²) in [5.74, 6) is 0.0230. The molecule has 0 aromatic heterocycles. The van der Waals surface area contributed by atoms with E-state index >= 15 is 0 Å². The zero-order valence-corrected chi connectivity index (χ0v) is 12.3. The summed E-state index contributed by atoms with van der Waals surface area (Å²) in [6.07, 6.45) is 3.98. The van der Waals surface area contributed by atoms with Crippen LogP contribution >= 0.6 is 0 Å². The summed E-state index contributed by atoms with van der Waals surface area (Å²) in [6, 6.07) is 9.42. The molecule has 1 fully saturated rings. The Labute approximate surface area is 121 Å². The Kier molecular flexibility index (Phi) is 6.02. The Hall–Kier alpha value is -1.39. The van der Waals surface area contributed by atoms with Crippen LogP contribution in [-0.2, 0) is 4.79 Å². The van der Waals surface area contributed by atoms with Gasteiger partial charge in [-0.05, 0) is 45.0 Å². The van der Waals surface area contributed by atoms with Crippen LogP contribution in [0.2, 0.25) is 0 Å². The van der Waals surface area contributed by atoms with E-state index in [-0.39, 0.29) is 11.9 Å². The number of likely N-dealkylation sites (tertiary alicyclic amines) is 1. The molecule has 1 unspecified atom stereocenters. The molecule has 20 heavy (non-hydrogen) atoms. The van der Waals surface area contributed by atoms with Crippen LogP contribution in [0.5, 0.6) is 0 Å². The molecule has 1 aromatic rings. The van der Waals surface area contributed by atoms with Gasteiger partial charge in [0.25, 0.3) is 0 Å². The second-order valence-corrected chi connectivity index (χ2v) is 5.43. The van der Waals surface area contributed by atoms with Gasteiger partial charge in [0.15, 0.2) is 0 Å². The minimum Gasteiger partial charge on any atom is -0.325 e. The van der Waals surface area contributed by atoms with Crippen molar-refractivity contribution < 1.29 is 4.79 Å².